The molecule has 0 N–H and O–H groups in total. The molecule has 0 aliphatic rings. The number of hydrogen-bond donors (Lipinski definition) is 0. The summed E-state index contributed by atoms with van der Waals surface area (Å²) in [6.45, 7) is 9.24. The van der Waals surface area contributed by atoms with Crippen molar-refractivity contribution in [1.29, 1.82) is 0 Å². The van der Waals surface area contributed by atoms with Crippen LogP contribution in [0.25, 0.3) is 0 Å². The number of hydrogen-bond acceptors (Lipinski definition) is 3. The van der Waals surface area contributed by atoms with Gasteiger partial charge in [0, 0.05) is 0 Å². The molecule has 0 bridgehead atoms. The second kappa shape index (κ2) is 10.6. The van der Waals surface area contributed by atoms with Crippen molar-refractivity contribution in [3.8, 4) is 0 Å². The van der Waals surface area contributed by atoms with Gasteiger partial charge in [-0.25, -0.2) is 4.79 Å². The minimum absolute atomic E-state index is 0.222. The number of unbranched alkanes of at least 4 members (excludes halogenated alkanes) is 1. The summed E-state index contributed by atoms with van der Waals surface area (Å²) < 4.78 is 10.7. The molecule has 3 heteroatoms. The SMILES string of the molecule is CCCCC(CC)COC(CC)C(=O)OCC. The first-order valence-electron chi connectivity index (χ1n) is 6.97. The van der Waals surface area contributed by atoms with Gasteiger partial charge >= 0.3 is 5.97 Å². The van der Waals surface area contributed by atoms with E-state index >= 15 is 0 Å². The predicted molar refractivity (Wildman–Crippen MR) is 70.0 cm³/mol. The molecule has 2 atom stereocenters. The van der Waals surface area contributed by atoms with E-state index in [9.17, 15) is 4.79 Å². The highest BCUT2D eigenvalue weighted by Crippen LogP contribution is 2.14. The van der Waals surface area contributed by atoms with Crippen LogP contribution in [0, 0.1) is 5.92 Å². The maximum absolute atomic E-state index is 11.5. The van der Waals surface area contributed by atoms with Gasteiger partial charge in [-0.2, -0.15) is 0 Å². The smallest absolute Gasteiger partial charge is 0.335 e. The van der Waals surface area contributed by atoms with Crippen molar-refractivity contribution >= 4 is 5.97 Å². The van der Waals surface area contributed by atoms with Crippen molar-refractivity contribution < 1.29 is 14.3 Å². The summed E-state index contributed by atoms with van der Waals surface area (Å²) >= 11 is 0. The zero-order chi connectivity index (χ0) is 13.1. The average Bonchev–Trinajstić information content (AvgIpc) is 2.34. The van der Waals surface area contributed by atoms with Crippen LogP contribution in [0.4, 0.5) is 0 Å². The molecule has 0 aliphatic carbocycles. The minimum Gasteiger partial charge on any atom is -0.464 e. The number of carbonyl (C=O) groups is 1. The molecule has 0 aromatic heterocycles. The summed E-state index contributed by atoms with van der Waals surface area (Å²) in [5, 5.41) is 0. The normalized spacial score (nSPS) is 14.4. The first-order valence-corrected chi connectivity index (χ1v) is 6.97. The highest BCUT2D eigenvalue weighted by Gasteiger charge is 2.19. The molecule has 102 valence electrons. The van der Waals surface area contributed by atoms with Crippen molar-refractivity contribution in [2.45, 2.75) is 65.9 Å². The quantitative estimate of drug-likeness (QED) is 0.551. The van der Waals surface area contributed by atoms with E-state index in [4.69, 9.17) is 9.47 Å². The Balaban J connectivity index is 3.97. The van der Waals surface area contributed by atoms with Crippen LogP contribution < -0.4 is 0 Å². The number of carbonyl (C=O) groups excluding carboxylic acids is 1. The molecule has 0 aliphatic heterocycles. The van der Waals surface area contributed by atoms with Crippen LogP contribution >= 0.6 is 0 Å². The van der Waals surface area contributed by atoms with Crippen LogP contribution in [-0.4, -0.2) is 25.3 Å². The van der Waals surface area contributed by atoms with Crippen LogP contribution in [0.5, 0.6) is 0 Å². The van der Waals surface area contributed by atoms with E-state index in [1.165, 1.54) is 19.3 Å². The summed E-state index contributed by atoms with van der Waals surface area (Å²) in [5.41, 5.74) is 0. The van der Waals surface area contributed by atoms with Crippen LogP contribution in [0.3, 0.4) is 0 Å². The molecule has 3 nitrogen and oxygen atoms in total. The van der Waals surface area contributed by atoms with Crippen molar-refractivity contribution in [3.05, 3.63) is 0 Å². The maximum Gasteiger partial charge on any atom is 0.335 e. The fraction of sp³-hybridized carbons (Fsp3) is 0.929. The van der Waals surface area contributed by atoms with Crippen LogP contribution in [0.1, 0.15) is 59.8 Å². The lowest BCUT2D eigenvalue weighted by Crippen LogP contribution is -2.28. The molecule has 0 aromatic carbocycles. The molecule has 0 saturated carbocycles. The molecule has 0 amide bonds. The molecule has 0 fully saturated rings. The maximum atomic E-state index is 11.5. The Bertz CT molecular complexity index is 192. The van der Waals surface area contributed by atoms with Gasteiger partial charge in [-0.1, -0.05) is 40.0 Å². The number of ether oxygens (including phenoxy) is 2. The summed E-state index contributed by atoms with van der Waals surface area (Å²) in [6, 6.07) is 0. The van der Waals surface area contributed by atoms with Gasteiger partial charge < -0.3 is 9.47 Å². The highest BCUT2D eigenvalue weighted by atomic mass is 16.6. The van der Waals surface area contributed by atoms with E-state index in [1.807, 2.05) is 13.8 Å². The van der Waals surface area contributed by atoms with Crippen LogP contribution in [0.15, 0.2) is 0 Å². The lowest BCUT2D eigenvalue weighted by atomic mass is 10.0. The Morgan fingerprint density at radius 2 is 1.82 bits per heavy atom. The Labute approximate surface area is 106 Å². The molecule has 2 unspecified atom stereocenters. The molecule has 0 spiro atoms. The average molecular weight is 244 g/mol. The first kappa shape index (κ1) is 16.4. The summed E-state index contributed by atoms with van der Waals surface area (Å²) in [4.78, 5) is 11.5. The Morgan fingerprint density at radius 3 is 2.29 bits per heavy atom. The van der Waals surface area contributed by atoms with Gasteiger partial charge in [-0.05, 0) is 25.7 Å². The summed E-state index contributed by atoms with van der Waals surface area (Å²) in [5.74, 6) is 0.346. The lowest BCUT2D eigenvalue weighted by molar-refractivity contribution is -0.157. The molecule has 0 aromatic rings. The Morgan fingerprint density at radius 1 is 1.12 bits per heavy atom. The van der Waals surface area contributed by atoms with Gasteiger partial charge in [0.25, 0.3) is 0 Å². The van der Waals surface area contributed by atoms with E-state index < -0.39 is 0 Å². The van der Waals surface area contributed by atoms with Crippen LogP contribution in [0.2, 0.25) is 0 Å². The van der Waals surface area contributed by atoms with E-state index in [2.05, 4.69) is 13.8 Å². The molecular weight excluding hydrogens is 216 g/mol. The molecule has 0 rings (SSSR count). The monoisotopic (exact) mass is 244 g/mol. The van der Waals surface area contributed by atoms with Crippen molar-refractivity contribution in [3.63, 3.8) is 0 Å². The molecule has 17 heavy (non-hydrogen) atoms. The van der Waals surface area contributed by atoms with Gasteiger partial charge in [0.15, 0.2) is 6.10 Å². The summed E-state index contributed by atoms with van der Waals surface area (Å²) in [6.07, 6.45) is 5.05. The van der Waals surface area contributed by atoms with Gasteiger partial charge in [-0.15, -0.1) is 0 Å². The van der Waals surface area contributed by atoms with Gasteiger partial charge in [0.05, 0.1) is 13.2 Å². The summed E-state index contributed by atoms with van der Waals surface area (Å²) in [7, 11) is 0. The highest BCUT2D eigenvalue weighted by molar-refractivity contribution is 5.74. The number of rotatable bonds is 10. The van der Waals surface area contributed by atoms with E-state index in [0.717, 1.165) is 6.42 Å². The lowest BCUT2D eigenvalue weighted by Gasteiger charge is -2.19. The first-order chi connectivity index (χ1) is 8.19. The molecule has 0 heterocycles. The number of esters is 1. The molecule has 0 radical (unpaired) electrons. The van der Waals surface area contributed by atoms with E-state index in [0.29, 0.717) is 25.6 Å². The minimum atomic E-state index is -0.384. The van der Waals surface area contributed by atoms with Gasteiger partial charge in [0.1, 0.15) is 0 Å². The fourth-order valence-corrected chi connectivity index (χ4v) is 1.74. The standard InChI is InChI=1S/C14H28O3/c1-5-9-10-12(6-2)11-17-13(7-3)14(15)16-8-4/h12-13H,5-11H2,1-4H3. The molecule has 0 saturated heterocycles. The van der Waals surface area contributed by atoms with Crippen molar-refractivity contribution in [2.24, 2.45) is 5.92 Å². The largest absolute Gasteiger partial charge is 0.464 e. The Kier molecular flexibility index (Phi) is 10.2. The van der Waals surface area contributed by atoms with Crippen molar-refractivity contribution in [2.75, 3.05) is 13.2 Å². The van der Waals surface area contributed by atoms with E-state index in [-0.39, 0.29) is 12.1 Å². The molecular formula is C14H28O3. The third kappa shape index (κ3) is 7.37. The predicted octanol–water partition coefficient (Wildman–Crippen LogP) is 3.56. The van der Waals surface area contributed by atoms with E-state index in [1.54, 1.807) is 0 Å². The second-order valence-corrected chi connectivity index (χ2v) is 4.40. The van der Waals surface area contributed by atoms with Crippen LogP contribution in [-0.2, 0) is 14.3 Å². The zero-order valence-corrected chi connectivity index (χ0v) is 11.8. The second-order valence-electron chi connectivity index (χ2n) is 4.40. The zero-order valence-electron chi connectivity index (χ0n) is 11.8. The topological polar surface area (TPSA) is 35.5 Å². The Hall–Kier alpha value is -0.570. The third-order valence-electron chi connectivity index (χ3n) is 3.00. The fourth-order valence-electron chi connectivity index (χ4n) is 1.74. The van der Waals surface area contributed by atoms with Gasteiger partial charge in [0.2, 0.25) is 0 Å². The third-order valence-corrected chi connectivity index (χ3v) is 3.00. The van der Waals surface area contributed by atoms with Gasteiger partial charge in [-0.3, -0.25) is 0 Å². The van der Waals surface area contributed by atoms with Crippen molar-refractivity contribution in [1.82, 2.24) is 0 Å².